The molecule has 0 spiro atoms. The van der Waals surface area contributed by atoms with Gasteiger partial charge in [0.1, 0.15) is 6.54 Å². The quantitative estimate of drug-likeness (QED) is 0.700. The van der Waals surface area contributed by atoms with Crippen LogP contribution in [0.5, 0.6) is 0 Å². The molecule has 1 aromatic heterocycles. The molecule has 1 amide bonds. The Bertz CT molecular complexity index is 651. The molecule has 2 heterocycles. The van der Waals surface area contributed by atoms with Gasteiger partial charge in [-0.15, -0.1) is 0 Å². The lowest BCUT2D eigenvalue weighted by Gasteiger charge is -2.17. The van der Waals surface area contributed by atoms with Crippen LogP contribution in [0.25, 0.3) is 10.9 Å². The number of benzene rings is 1. The molecule has 0 radical (unpaired) electrons. The Morgan fingerprint density at radius 1 is 1.35 bits per heavy atom. The topological polar surface area (TPSA) is 34.0 Å². The van der Waals surface area contributed by atoms with Crippen molar-refractivity contribution in [3.05, 3.63) is 31.4 Å². The third kappa shape index (κ3) is 1.65. The zero-order valence-electron chi connectivity index (χ0n) is 8.56. The van der Waals surface area contributed by atoms with Gasteiger partial charge < -0.3 is 9.88 Å². The summed E-state index contributed by atoms with van der Waals surface area (Å²) >= 11 is 14.5. The highest BCUT2D eigenvalue weighted by Gasteiger charge is 2.23. The van der Waals surface area contributed by atoms with E-state index < -0.39 is 0 Å². The van der Waals surface area contributed by atoms with Gasteiger partial charge in [-0.3, -0.25) is 4.79 Å². The maximum absolute atomic E-state index is 11.5. The highest BCUT2D eigenvalue weighted by atomic mass is 127. The average molecular weight is 381 g/mol. The van der Waals surface area contributed by atoms with Gasteiger partial charge >= 0.3 is 0 Å². The van der Waals surface area contributed by atoms with E-state index in [9.17, 15) is 4.79 Å². The molecule has 1 aromatic carbocycles. The summed E-state index contributed by atoms with van der Waals surface area (Å²) in [5, 5.41) is 4.91. The lowest BCUT2D eigenvalue weighted by Crippen LogP contribution is -2.34. The summed E-state index contributed by atoms with van der Waals surface area (Å²) in [7, 11) is 0. The summed E-state index contributed by atoms with van der Waals surface area (Å²) < 4.78 is 3.07. The van der Waals surface area contributed by atoms with Crippen molar-refractivity contribution >= 4 is 62.6 Å². The number of rotatable bonds is 0. The van der Waals surface area contributed by atoms with Gasteiger partial charge in [-0.2, -0.15) is 0 Å². The molecular weight excluding hydrogens is 374 g/mol. The molecule has 0 fully saturated rings. The monoisotopic (exact) mass is 380 g/mol. The summed E-state index contributed by atoms with van der Waals surface area (Å²) in [5.74, 6) is 0.00171. The third-order valence-corrected chi connectivity index (χ3v) is 4.91. The average Bonchev–Trinajstić information content (AvgIpc) is 2.58. The number of nitrogens with one attached hydrogen (secondary N) is 1. The minimum absolute atomic E-state index is 0.00171. The number of hydrogen-bond acceptors (Lipinski definition) is 1. The summed E-state index contributed by atoms with van der Waals surface area (Å²) in [6.07, 6.45) is 0. The minimum atomic E-state index is 0.00171. The van der Waals surface area contributed by atoms with Crippen molar-refractivity contribution in [1.82, 2.24) is 9.88 Å². The summed E-state index contributed by atoms with van der Waals surface area (Å²) in [4.78, 5) is 11.5. The van der Waals surface area contributed by atoms with E-state index in [1.807, 2.05) is 10.6 Å². The molecule has 17 heavy (non-hydrogen) atoms. The number of nitrogens with zero attached hydrogens (tertiary/aromatic N) is 1. The van der Waals surface area contributed by atoms with Crippen molar-refractivity contribution in [3.63, 3.8) is 0 Å². The molecule has 3 nitrogen and oxygen atoms in total. The zero-order chi connectivity index (χ0) is 12.2. The van der Waals surface area contributed by atoms with Crippen molar-refractivity contribution in [2.45, 2.75) is 13.1 Å². The maximum atomic E-state index is 11.5. The minimum Gasteiger partial charge on any atom is -0.349 e. The van der Waals surface area contributed by atoms with Crippen molar-refractivity contribution in [3.8, 4) is 0 Å². The molecule has 1 aliphatic rings. The van der Waals surface area contributed by atoms with Crippen LogP contribution in [0.3, 0.4) is 0 Å². The molecule has 0 atom stereocenters. The first-order valence-electron chi connectivity index (χ1n) is 5.01. The molecule has 0 saturated heterocycles. The second-order valence-electron chi connectivity index (χ2n) is 3.88. The molecule has 0 saturated carbocycles. The number of amides is 1. The number of carbonyl (C=O) groups excluding carboxylic acids is 1. The molecule has 1 aliphatic heterocycles. The fourth-order valence-electron chi connectivity index (χ4n) is 2.12. The fraction of sp³-hybridized carbons (Fsp3) is 0.182. The lowest BCUT2D eigenvalue weighted by atomic mass is 10.2. The van der Waals surface area contributed by atoms with Crippen LogP contribution in [0.1, 0.15) is 5.69 Å². The first-order valence-corrected chi connectivity index (χ1v) is 6.84. The normalized spacial score (nSPS) is 14.9. The van der Waals surface area contributed by atoms with Crippen molar-refractivity contribution < 1.29 is 4.79 Å². The van der Waals surface area contributed by atoms with Crippen LogP contribution >= 0.6 is 45.8 Å². The Morgan fingerprint density at radius 3 is 2.88 bits per heavy atom. The second kappa shape index (κ2) is 4.03. The van der Waals surface area contributed by atoms with Gasteiger partial charge in [0.2, 0.25) is 5.91 Å². The Labute approximate surface area is 121 Å². The van der Waals surface area contributed by atoms with E-state index in [1.54, 1.807) is 6.07 Å². The lowest BCUT2D eigenvalue weighted by molar-refractivity contribution is -0.122. The molecule has 88 valence electrons. The first-order chi connectivity index (χ1) is 8.09. The smallest absolute Gasteiger partial charge is 0.240 e. The number of hydrogen-bond donors (Lipinski definition) is 1. The highest BCUT2D eigenvalue weighted by Crippen LogP contribution is 2.37. The molecule has 3 rings (SSSR count). The SMILES string of the molecule is O=C1Cn2c(c(I)c3ccc(Cl)c(Cl)c32)CN1. The van der Waals surface area contributed by atoms with Crippen molar-refractivity contribution in [2.75, 3.05) is 0 Å². The largest absolute Gasteiger partial charge is 0.349 e. The Hall–Kier alpha value is -0.460. The van der Waals surface area contributed by atoms with Gasteiger partial charge in [0.15, 0.2) is 0 Å². The molecule has 0 unspecified atom stereocenters. The van der Waals surface area contributed by atoms with Crippen molar-refractivity contribution in [1.29, 1.82) is 0 Å². The van der Waals surface area contributed by atoms with Crippen LogP contribution in [-0.4, -0.2) is 10.5 Å². The van der Waals surface area contributed by atoms with Gasteiger partial charge in [-0.25, -0.2) is 0 Å². The van der Waals surface area contributed by atoms with E-state index >= 15 is 0 Å². The zero-order valence-corrected chi connectivity index (χ0v) is 12.2. The third-order valence-electron chi connectivity index (χ3n) is 2.91. The van der Waals surface area contributed by atoms with Crippen molar-refractivity contribution in [2.24, 2.45) is 0 Å². The first kappa shape index (κ1) is 11.6. The van der Waals surface area contributed by atoms with E-state index in [0.717, 1.165) is 20.2 Å². The van der Waals surface area contributed by atoms with E-state index in [0.29, 0.717) is 23.1 Å². The number of halogens is 3. The van der Waals surface area contributed by atoms with Gasteiger partial charge in [-0.1, -0.05) is 29.3 Å². The molecule has 0 bridgehead atoms. The van der Waals surface area contributed by atoms with Gasteiger partial charge in [0.25, 0.3) is 0 Å². The van der Waals surface area contributed by atoms with Crippen LogP contribution in [0.4, 0.5) is 0 Å². The van der Waals surface area contributed by atoms with E-state index in [2.05, 4.69) is 27.9 Å². The van der Waals surface area contributed by atoms with Crippen LogP contribution in [0.2, 0.25) is 10.0 Å². The van der Waals surface area contributed by atoms with Gasteiger partial charge in [-0.05, 0) is 28.7 Å². The molecule has 0 aliphatic carbocycles. The molecular formula is C11H7Cl2IN2O. The number of fused-ring (bicyclic) bond motifs is 3. The van der Waals surface area contributed by atoms with E-state index in [4.69, 9.17) is 23.2 Å². The fourth-order valence-corrected chi connectivity index (χ4v) is 3.46. The highest BCUT2D eigenvalue weighted by molar-refractivity contribution is 14.1. The van der Waals surface area contributed by atoms with Crippen LogP contribution in [-0.2, 0) is 17.9 Å². The molecule has 2 aromatic rings. The predicted molar refractivity (Wildman–Crippen MR) is 76.5 cm³/mol. The molecule has 1 N–H and O–H groups in total. The van der Waals surface area contributed by atoms with Crippen LogP contribution in [0.15, 0.2) is 12.1 Å². The maximum Gasteiger partial charge on any atom is 0.240 e. The number of aromatic nitrogens is 1. The summed E-state index contributed by atoms with van der Waals surface area (Å²) in [6.45, 7) is 0.842. The van der Waals surface area contributed by atoms with E-state index in [1.165, 1.54) is 0 Å². The van der Waals surface area contributed by atoms with Crippen LogP contribution < -0.4 is 5.32 Å². The van der Waals surface area contributed by atoms with E-state index in [-0.39, 0.29) is 5.91 Å². The molecule has 6 heteroatoms. The Kier molecular flexibility index (Phi) is 2.76. The Morgan fingerprint density at radius 2 is 2.12 bits per heavy atom. The second-order valence-corrected chi connectivity index (χ2v) is 5.74. The number of carbonyl (C=O) groups is 1. The summed E-state index contributed by atoms with van der Waals surface area (Å²) in [6, 6.07) is 3.73. The van der Waals surface area contributed by atoms with Gasteiger partial charge in [0, 0.05) is 8.96 Å². The van der Waals surface area contributed by atoms with Gasteiger partial charge in [0.05, 0.1) is 27.8 Å². The standard InChI is InChI=1S/C11H7Cl2IN2O/c12-6-2-1-5-10(14)7-3-15-8(17)4-16(7)11(5)9(6)13/h1-2H,3-4H2,(H,15,17). The predicted octanol–water partition coefficient (Wildman–Crippen LogP) is 3.18. The van der Waals surface area contributed by atoms with Crippen LogP contribution in [0, 0.1) is 3.57 Å². The Balaban J connectivity index is 2.43. The summed E-state index contributed by atoms with van der Waals surface area (Å²) in [5.41, 5.74) is 1.94.